The molecular weight excluding hydrogens is 393 g/mol. The average molecular weight is 412 g/mol. The third-order valence-electron chi connectivity index (χ3n) is 5.44. The topological polar surface area (TPSA) is 70.6 Å². The third-order valence-corrected chi connectivity index (χ3v) is 5.44. The number of alkyl halides is 3. The number of aromatic nitrogens is 4. The summed E-state index contributed by atoms with van der Waals surface area (Å²) in [5.41, 5.74) is 1.54. The van der Waals surface area contributed by atoms with Crippen molar-refractivity contribution in [1.29, 1.82) is 5.26 Å². The van der Waals surface area contributed by atoms with Gasteiger partial charge in [0.1, 0.15) is 23.9 Å². The lowest BCUT2D eigenvalue weighted by Gasteiger charge is -2.35. The molecular formula is C21H19F3N6. The molecule has 0 aliphatic carbocycles. The Morgan fingerprint density at radius 2 is 1.90 bits per heavy atom. The summed E-state index contributed by atoms with van der Waals surface area (Å²) < 4.78 is 40.5. The van der Waals surface area contributed by atoms with Crippen molar-refractivity contribution in [2.75, 3.05) is 18.0 Å². The predicted molar refractivity (Wildman–Crippen MR) is 105 cm³/mol. The lowest BCUT2D eigenvalue weighted by Crippen LogP contribution is -2.34. The predicted octanol–water partition coefficient (Wildman–Crippen LogP) is 4.15. The Balaban J connectivity index is 1.64. The highest BCUT2D eigenvalue weighted by Gasteiger charge is 2.32. The first-order valence-corrected chi connectivity index (χ1v) is 9.54. The lowest BCUT2D eigenvalue weighted by molar-refractivity contribution is -0.141. The number of benzene rings is 1. The van der Waals surface area contributed by atoms with Gasteiger partial charge in [0.15, 0.2) is 0 Å². The molecule has 154 valence electrons. The number of halogens is 3. The van der Waals surface area contributed by atoms with Crippen LogP contribution in [0.3, 0.4) is 0 Å². The van der Waals surface area contributed by atoms with Crippen LogP contribution in [0.1, 0.15) is 35.8 Å². The zero-order valence-corrected chi connectivity index (χ0v) is 16.3. The van der Waals surface area contributed by atoms with E-state index in [9.17, 15) is 18.4 Å². The minimum absolute atomic E-state index is 0.277. The van der Waals surface area contributed by atoms with Gasteiger partial charge < -0.3 is 9.47 Å². The van der Waals surface area contributed by atoms with E-state index in [4.69, 9.17) is 0 Å². The molecule has 0 N–H and O–H groups in total. The Morgan fingerprint density at radius 3 is 2.47 bits per heavy atom. The van der Waals surface area contributed by atoms with Crippen molar-refractivity contribution in [2.45, 2.75) is 24.9 Å². The van der Waals surface area contributed by atoms with Gasteiger partial charge >= 0.3 is 6.18 Å². The zero-order chi connectivity index (χ0) is 21.3. The van der Waals surface area contributed by atoms with Crippen LogP contribution in [0.4, 0.5) is 18.9 Å². The summed E-state index contributed by atoms with van der Waals surface area (Å²) in [6.07, 6.45) is 0.100. The van der Waals surface area contributed by atoms with Crippen molar-refractivity contribution in [2.24, 2.45) is 7.05 Å². The number of aryl methyl sites for hydroxylation is 1. The van der Waals surface area contributed by atoms with Gasteiger partial charge in [-0.2, -0.15) is 18.4 Å². The Labute approximate surface area is 171 Å². The number of pyridine rings is 1. The smallest absolute Gasteiger partial charge is 0.370 e. The van der Waals surface area contributed by atoms with Crippen molar-refractivity contribution in [1.82, 2.24) is 19.7 Å². The monoisotopic (exact) mass is 412 g/mol. The fraction of sp³-hybridized carbons (Fsp3) is 0.333. The van der Waals surface area contributed by atoms with E-state index < -0.39 is 11.9 Å². The summed E-state index contributed by atoms with van der Waals surface area (Å²) in [4.78, 5) is 5.70. The molecule has 4 rings (SSSR count). The number of anilines is 1. The summed E-state index contributed by atoms with van der Waals surface area (Å²) in [6, 6.07) is 9.87. The van der Waals surface area contributed by atoms with E-state index in [1.165, 1.54) is 12.3 Å². The number of hydrogen-bond donors (Lipinski definition) is 0. The summed E-state index contributed by atoms with van der Waals surface area (Å²) >= 11 is 0. The SMILES string of the molecule is Cn1cnnc1C1CCN(c2c(C#N)cccc2-c2ccc(C(F)(F)F)nc2)CC1. The van der Waals surface area contributed by atoms with E-state index in [-0.39, 0.29) is 5.92 Å². The maximum absolute atomic E-state index is 12.9. The standard InChI is InChI=1S/C21H19F3N6/c1-29-13-27-28-20(29)14-7-9-30(10-8-14)19-15(11-25)3-2-4-17(19)16-5-6-18(26-12-16)21(22,23)24/h2-6,12-14H,7-10H2,1H3. The first-order valence-electron chi connectivity index (χ1n) is 9.54. The van der Waals surface area contributed by atoms with Gasteiger partial charge in [-0.15, -0.1) is 10.2 Å². The molecule has 0 spiro atoms. The third kappa shape index (κ3) is 3.73. The molecule has 9 heteroatoms. The summed E-state index contributed by atoms with van der Waals surface area (Å²) in [7, 11) is 1.92. The van der Waals surface area contributed by atoms with Crippen molar-refractivity contribution >= 4 is 5.69 Å². The maximum atomic E-state index is 12.9. The highest BCUT2D eigenvalue weighted by molar-refractivity contribution is 5.82. The van der Waals surface area contributed by atoms with E-state index in [0.29, 0.717) is 29.8 Å². The van der Waals surface area contributed by atoms with Gasteiger partial charge in [-0.25, -0.2) is 0 Å². The molecule has 0 amide bonds. The van der Waals surface area contributed by atoms with Gasteiger partial charge in [-0.05, 0) is 25.0 Å². The number of hydrogen-bond acceptors (Lipinski definition) is 5. The number of piperidine rings is 1. The lowest BCUT2D eigenvalue weighted by atomic mass is 9.93. The first-order chi connectivity index (χ1) is 14.4. The molecule has 1 aliphatic heterocycles. The Hall–Kier alpha value is -3.41. The van der Waals surface area contributed by atoms with Crippen LogP contribution in [0.5, 0.6) is 0 Å². The highest BCUT2D eigenvalue weighted by atomic mass is 19.4. The van der Waals surface area contributed by atoms with Crippen molar-refractivity contribution in [3.8, 4) is 17.2 Å². The van der Waals surface area contributed by atoms with E-state index in [1.54, 1.807) is 18.5 Å². The van der Waals surface area contributed by atoms with E-state index in [1.807, 2.05) is 17.7 Å². The van der Waals surface area contributed by atoms with Gasteiger partial charge in [0.2, 0.25) is 0 Å². The van der Waals surface area contributed by atoms with Gasteiger partial charge in [-0.1, -0.05) is 18.2 Å². The molecule has 0 unspecified atom stereocenters. The Morgan fingerprint density at radius 1 is 1.13 bits per heavy atom. The summed E-state index contributed by atoms with van der Waals surface area (Å²) in [5, 5.41) is 17.8. The molecule has 1 aromatic carbocycles. The van der Waals surface area contributed by atoms with Crippen LogP contribution in [0, 0.1) is 11.3 Å². The minimum atomic E-state index is -4.49. The zero-order valence-electron chi connectivity index (χ0n) is 16.3. The molecule has 0 radical (unpaired) electrons. The van der Waals surface area contributed by atoms with Gasteiger partial charge in [0, 0.05) is 43.4 Å². The number of nitriles is 1. The average Bonchev–Trinajstić information content (AvgIpc) is 3.18. The second-order valence-corrected chi connectivity index (χ2v) is 7.30. The molecule has 1 fully saturated rings. The number of nitrogens with zero attached hydrogens (tertiary/aromatic N) is 6. The number of rotatable bonds is 3. The van der Waals surface area contributed by atoms with Crippen LogP contribution < -0.4 is 4.90 Å². The first kappa shape index (κ1) is 19.9. The minimum Gasteiger partial charge on any atom is -0.370 e. The van der Waals surface area contributed by atoms with E-state index in [0.717, 1.165) is 30.4 Å². The highest BCUT2D eigenvalue weighted by Crippen LogP contribution is 2.38. The van der Waals surface area contributed by atoms with Crippen LogP contribution in [0.2, 0.25) is 0 Å². The van der Waals surface area contributed by atoms with Crippen molar-refractivity contribution in [3.63, 3.8) is 0 Å². The van der Waals surface area contributed by atoms with Crippen LogP contribution >= 0.6 is 0 Å². The summed E-state index contributed by atoms with van der Waals surface area (Å²) in [5.74, 6) is 1.22. The van der Waals surface area contributed by atoms with Crippen molar-refractivity contribution in [3.05, 3.63) is 59.9 Å². The van der Waals surface area contributed by atoms with Gasteiger partial charge in [0.25, 0.3) is 0 Å². The van der Waals surface area contributed by atoms with Gasteiger partial charge in [-0.3, -0.25) is 4.98 Å². The molecule has 2 aromatic heterocycles. The molecule has 6 nitrogen and oxygen atoms in total. The van der Waals surface area contributed by atoms with E-state index in [2.05, 4.69) is 26.2 Å². The molecule has 3 aromatic rings. The molecule has 0 saturated carbocycles. The van der Waals surface area contributed by atoms with Crippen LogP contribution in [-0.2, 0) is 13.2 Å². The fourth-order valence-electron chi connectivity index (χ4n) is 3.95. The van der Waals surface area contributed by atoms with Crippen LogP contribution in [0.25, 0.3) is 11.1 Å². The second-order valence-electron chi connectivity index (χ2n) is 7.30. The second kappa shape index (κ2) is 7.78. The maximum Gasteiger partial charge on any atom is 0.433 e. The molecule has 0 bridgehead atoms. The van der Waals surface area contributed by atoms with Gasteiger partial charge in [0.05, 0.1) is 11.3 Å². The molecule has 1 saturated heterocycles. The van der Waals surface area contributed by atoms with Crippen LogP contribution in [0.15, 0.2) is 42.9 Å². The molecule has 30 heavy (non-hydrogen) atoms. The Bertz CT molecular complexity index is 1070. The normalized spacial score (nSPS) is 15.2. The van der Waals surface area contributed by atoms with Crippen LogP contribution in [-0.4, -0.2) is 32.8 Å². The quantitative estimate of drug-likeness (QED) is 0.646. The molecule has 0 atom stereocenters. The molecule has 1 aliphatic rings. The fourth-order valence-corrected chi connectivity index (χ4v) is 3.95. The van der Waals surface area contributed by atoms with E-state index >= 15 is 0 Å². The van der Waals surface area contributed by atoms with Crippen molar-refractivity contribution < 1.29 is 13.2 Å². The molecule has 3 heterocycles. The summed E-state index contributed by atoms with van der Waals surface area (Å²) in [6.45, 7) is 1.41. The largest absolute Gasteiger partial charge is 0.433 e. The number of para-hydroxylation sites is 1. The Kier molecular flexibility index (Phi) is 5.16.